The normalized spacial score (nSPS) is 11.1. The minimum Gasteiger partial charge on any atom is -0.495 e. The molecule has 0 aliphatic heterocycles. The number of rotatable bonds is 7. The van der Waals surface area contributed by atoms with Crippen LogP contribution in [0.5, 0.6) is 5.75 Å². The maximum Gasteiger partial charge on any atom is 0.251 e. The third-order valence-corrected chi connectivity index (χ3v) is 4.97. The summed E-state index contributed by atoms with van der Waals surface area (Å²) < 4.78 is 56.9. The first-order chi connectivity index (χ1) is 12.6. The van der Waals surface area contributed by atoms with Crippen molar-refractivity contribution in [1.82, 2.24) is 5.32 Å². The largest absolute Gasteiger partial charge is 0.495 e. The molecule has 0 saturated carbocycles. The number of amides is 1. The zero-order chi connectivity index (χ0) is 20.2. The summed E-state index contributed by atoms with van der Waals surface area (Å²) in [7, 11) is -2.22. The molecule has 2 aromatic rings. The molecule has 27 heavy (non-hydrogen) atoms. The fourth-order valence-corrected chi connectivity index (χ4v) is 3.39. The predicted molar refractivity (Wildman–Crippen MR) is 98.6 cm³/mol. The Kier molecular flexibility index (Phi) is 6.37. The second kappa shape index (κ2) is 8.34. The van der Waals surface area contributed by atoms with E-state index in [1.54, 1.807) is 18.2 Å². The Labute approximate surface area is 156 Å². The highest BCUT2D eigenvalue weighted by Crippen LogP contribution is 2.30. The van der Waals surface area contributed by atoms with Crippen LogP contribution in [-0.4, -0.2) is 40.8 Å². The number of nitrogens with zero attached hydrogens (tertiary/aromatic N) is 1. The average Bonchev–Trinajstić information content (AvgIpc) is 2.59. The Morgan fingerprint density at radius 3 is 2.44 bits per heavy atom. The number of methoxy groups -OCH3 is 1. The van der Waals surface area contributed by atoms with Gasteiger partial charge < -0.3 is 10.1 Å². The lowest BCUT2D eigenvalue weighted by atomic mass is 10.2. The van der Waals surface area contributed by atoms with Gasteiger partial charge in [-0.25, -0.2) is 17.2 Å². The minimum absolute atomic E-state index is 0.0397. The van der Waals surface area contributed by atoms with Gasteiger partial charge in [-0.3, -0.25) is 9.10 Å². The van der Waals surface area contributed by atoms with Gasteiger partial charge in [0.25, 0.3) is 5.91 Å². The summed E-state index contributed by atoms with van der Waals surface area (Å²) in [5.74, 6) is -2.46. The molecule has 1 amide bonds. The summed E-state index contributed by atoms with van der Waals surface area (Å²) in [4.78, 5) is 12.1. The standard InChI is InChI=1S/C18H20F2N2O4S/c1-12-4-7-17(26-2)16(10-12)22(27(3,24)25)9-8-21-18(23)13-5-6-14(19)15(20)11-13/h4-7,10-11H,8-9H2,1-3H3,(H,21,23). The summed E-state index contributed by atoms with van der Waals surface area (Å²) in [6.45, 7) is 1.71. The van der Waals surface area contributed by atoms with Crippen LogP contribution >= 0.6 is 0 Å². The van der Waals surface area contributed by atoms with E-state index in [9.17, 15) is 22.0 Å². The Morgan fingerprint density at radius 1 is 1.15 bits per heavy atom. The van der Waals surface area contributed by atoms with Crippen molar-refractivity contribution in [3.63, 3.8) is 0 Å². The molecule has 0 heterocycles. The van der Waals surface area contributed by atoms with Crippen LogP contribution in [0, 0.1) is 18.6 Å². The van der Waals surface area contributed by atoms with Crippen molar-refractivity contribution < 1.29 is 26.7 Å². The summed E-state index contributed by atoms with van der Waals surface area (Å²) in [6.07, 6.45) is 1.05. The molecule has 146 valence electrons. The molecule has 0 atom stereocenters. The number of halogens is 2. The van der Waals surface area contributed by atoms with Crippen LogP contribution in [-0.2, 0) is 10.0 Å². The van der Waals surface area contributed by atoms with Gasteiger partial charge in [-0.15, -0.1) is 0 Å². The summed E-state index contributed by atoms with van der Waals surface area (Å²) in [6, 6.07) is 7.88. The van der Waals surface area contributed by atoms with Crippen LogP contribution in [0.1, 0.15) is 15.9 Å². The van der Waals surface area contributed by atoms with Crippen LogP contribution in [0.25, 0.3) is 0 Å². The van der Waals surface area contributed by atoms with Gasteiger partial charge in [-0.2, -0.15) is 0 Å². The lowest BCUT2D eigenvalue weighted by Crippen LogP contribution is -2.38. The molecule has 0 aliphatic rings. The molecule has 9 heteroatoms. The van der Waals surface area contributed by atoms with Crippen LogP contribution < -0.4 is 14.4 Å². The molecule has 2 rings (SSSR count). The van der Waals surface area contributed by atoms with Crippen LogP contribution in [0.3, 0.4) is 0 Å². The highest BCUT2D eigenvalue weighted by molar-refractivity contribution is 7.92. The van der Waals surface area contributed by atoms with Gasteiger partial charge in [0, 0.05) is 12.1 Å². The molecule has 0 spiro atoms. The second-order valence-electron chi connectivity index (χ2n) is 5.90. The molecular weight excluding hydrogens is 378 g/mol. The first-order valence-corrected chi connectivity index (χ1v) is 9.84. The SMILES string of the molecule is COc1ccc(C)cc1N(CCNC(=O)c1ccc(F)c(F)c1)S(C)(=O)=O. The molecule has 0 radical (unpaired) electrons. The number of nitrogens with one attached hydrogen (secondary N) is 1. The Bertz CT molecular complexity index is 948. The maximum absolute atomic E-state index is 13.2. The number of aryl methyl sites for hydroxylation is 1. The lowest BCUT2D eigenvalue weighted by molar-refractivity contribution is 0.0954. The third-order valence-electron chi connectivity index (χ3n) is 3.79. The second-order valence-corrected chi connectivity index (χ2v) is 7.80. The highest BCUT2D eigenvalue weighted by atomic mass is 32.2. The third kappa shape index (κ3) is 5.16. The Morgan fingerprint density at radius 2 is 1.85 bits per heavy atom. The minimum atomic E-state index is -3.65. The smallest absolute Gasteiger partial charge is 0.251 e. The molecule has 0 saturated heterocycles. The summed E-state index contributed by atoms with van der Waals surface area (Å²) in [5, 5.41) is 2.50. The number of hydrogen-bond donors (Lipinski definition) is 1. The van der Waals surface area contributed by atoms with Crippen molar-refractivity contribution >= 4 is 21.6 Å². The fourth-order valence-electron chi connectivity index (χ4n) is 2.47. The Hall–Kier alpha value is -2.68. The lowest BCUT2D eigenvalue weighted by Gasteiger charge is -2.24. The molecule has 6 nitrogen and oxygen atoms in total. The van der Waals surface area contributed by atoms with E-state index in [2.05, 4.69) is 5.32 Å². The molecule has 1 N–H and O–H groups in total. The van der Waals surface area contributed by atoms with E-state index in [0.717, 1.165) is 34.3 Å². The number of carbonyl (C=O) groups excluding carboxylic acids is 1. The van der Waals surface area contributed by atoms with Crippen molar-refractivity contribution in [3.05, 3.63) is 59.2 Å². The quantitative estimate of drug-likeness (QED) is 0.778. The number of sulfonamides is 1. The van der Waals surface area contributed by atoms with Crippen LogP contribution in [0.15, 0.2) is 36.4 Å². The molecule has 0 aromatic heterocycles. The summed E-state index contributed by atoms with van der Waals surface area (Å²) in [5.41, 5.74) is 1.13. The highest BCUT2D eigenvalue weighted by Gasteiger charge is 2.21. The topological polar surface area (TPSA) is 75.7 Å². The van der Waals surface area contributed by atoms with Gasteiger partial charge in [0.15, 0.2) is 11.6 Å². The predicted octanol–water partition coefficient (Wildman–Crippen LogP) is 2.48. The fraction of sp³-hybridized carbons (Fsp3) is 0.278. The van der Waals surface area contributed by atoms with Crippen LogP contribution in [0.2, 0.25) is 0 Å². The van der Waals surface area contributed by atoms with E-state index in [4.69, 9.17) is 4.74 Å². The van der Waals surface area contributed by atoms with Crippen molar-refractivity contribution in [2.24, 2.45) is 0 Å². The van der Waals surface area contributed by atoms with E-state index in [-0.39, 0.29) is 18.7 Å². The molecule has 0 bridgehead atoms. The number of ether oxygens (including phenoxy) is 1. The van der Waals surface area contributed by atoms with E-state index in [0.29, 0.717) is 11.4 Å². The van der Waals surface area contributed by atoms with Gasteiger partial charge >= 0.3 is 0 Å². The number of anilines is 1. The van der Waals surface area contributed by atoms with Gasteiger partial charge in [-0.05, 0) is 42.8 Å². The molecular formula is C18H20F2N2O4S. The zero-order valence-corrected chi connectivity index (χ0v) is 15.9. The molecule has 0 aliphatic carbocycles. The first kappa shape index (κ1) is 20.6. The number of carbonyl (C=O) groups is 1. The monoisotopic (exact) mass is 398 g/mol. The summed E-state index contributed by atoms with van der Waals surface area (Å²) >= 11 is 0. The van der Waals surface area contributed by atoms with Gasteiger partial charge in [-0.1, -0.05) is 6.07 Å². The maximum atomic E-state index is 13.2. The number of benzene rings is 2. The van der Waals surface area contributed by atoms with Crippen molar-refractivity contribution in [2.45, 2.75) is 6.92 Å². The van der Waals surface area contributed by atoms with Crippen molar-refractivity contribution in [3.8, 4) is 5.75 Å². The van der Waals surface area contributed by atoms with E-state index in [1.165, 1.54) is 7.11 Å². The van der Waals surface area contributed by atoms with Crippen LogP contribution in [0.4, 0.5) is 14.5 Å². The van der Waals surface area contributed by atoms with Crippen molar-refractivity contribution in [1.29, 1.82) is 0 Å². The molecule has 0 fully saturated rings. The van der Waals surface area contributed by atoms with E-state index >= 15 is 0 Å². The molecule has 0 unspecified atom stereocenters. The van der Waals surface area contributed by atoms with Gasteiger partial charge in [0.05, 0.1) is 25.6 Å². The Balaban J connectivity index is 2.15. The van der Waals surface area contributed by atoms with Gasteiger partial charge in [0.1, 0.15) is 5.75 Å². The first-order valence-electron chi connectivity index (χ1n) is 7.99. The zero-order valence-electron chi connectivity index (χ0n) is 15.1. The van der Waals surface area contributed by atoms with E-state index in [1.807, 2.05) is 6.92 Å². The average molecular weight is 398 g/mol. The van der Waals surface area contributed by atoms with Gasteiger partial charge in [0.2, 0.25) is 10.0 Å². The molecule has 2 aromatic carbocycles. The van der Waals surface area contributed by atoms with Crippen molar-refractivity contribution in [2.75, 3.05) is 30.8 Å². The van der Waals surface area contributed by atoms with E-state index < -0.39 is 27.6 Å². The number of hydrogen-bond acceptors (Lipinski definition) is 4.